The van der Waals surface area contributed by atoms with Crippen LogP contribution >= 0.6 is 11.6 Å². The van der Waals surface area contributed by atoms with Crippen molar-refractivity contribution in [2.24, 2.45) is 0 Å². The number of halogens is 1. The molecule has 0 aromatic heterocycles. The highest BCUT2D eigenvalue weighted by Crippen LogP contribution is 2.18. The molecule has 0 unspecified atom stereocenters. The third kappa shape index (κ3) is 5.23. The first-order valence-electron chi connectivity index (χ1n) is 7.08. The van der Waals surface area contributed by atoms with Crippen molar-refractivity contribution in [2.45, 2.75) is 18.4 Å². The number of aliphatic carboxylic acids is 1. The summed E-state index contributed by atoms with van der Waals surface area (Å²) < 4.78 is 26.1. The number of hydrogen-bond acceptors (Lipinski definition) is 4. The third-order valence-corrected chi connectivity index (χ3v) is 4.77. The Kier molecular flexibility index (Phi) is 5.82. The summed E-state index contributed by atoms with van der Waals surface area (Å²) in [5.41, 5.74) is 2.61. The number of nitrogens with one attached hydrogen (secondary N) is 2. The van der Waals surface area contributed by atoms with E-state index in [0.29, 0.717) is 17.3 Å². The number of anilines is 1. The molecule has 0 aliphatic rings. The molecular formula is C16H17ClN2O4S. The van der Waals surface area contributed by atoms with Crippen molar-refractivity contribution in [3.63, 3.8) is 0 Å². The van der Waals surface area contributed by atoms with E-state index in [4.69, 9.17) is 16.7 Å². The molecule has 0 heterocycles. The standard InChI is InChI=1S/C16H17ClN2O4S/c1-11-5-12(7-13(17)6-11)9-18-14-3-2-4-15(8-14)24(22,23)19-10-16(20)21/h2-8,18-19H,9-10H2,1H3,(H,20,21). The number of carboxylic acid groups (broad SMARTS) is 1. The number of aryl methyl sites for hydroxylation is 1. The molecule has 0 atom stereocenters. The molecular weight excluding hydrogens is 352 g/mol. The van der Waals surface area contributed by atoms with Crippen LogP contribution in [0.15, 0.2) is 47.4 Å². The van der Waals surface area contributed by atoms with Gasteiger partial charge in [-0.25, -0.2) is 8.42 Å². The van der Waals surface area contributed by atoms with Crippen LogP contribution in [0.1, 0.15) is 11.1 Å². The van der Waals surface area contributed by atoms with Gasteiger partial charge >= 0.3 is 5.97 Å². The number of carboxylic acids is 1. The molecule has 128 valence electrons. The summed E-state index contributed by atoms with van der Waals surface area (Å²) in [5, 5.41) is 12.3. The molecule has 6 nitrogen and oxygen atoms in total. The minimum atomic E-state index is -3.87. The van der Waals surface area contributed by atoms with Crippen molar-refractivity contribution in [3.8, 4) is 0 Å². The van der Waals surface area contributed by atoms with Gasteiger partial charge in [0.15, 0.2) is 0 Å². The maximum atomic E-state index is 12.0. The van der Waals surface area contributed by atoms with Gasteiger partial charge in [0.2, 0.25) is 10.0 Å². The zero-order valence-corrected chi connectivity index (χ0v) is 14.5. The second-order valence-electron chi connectivity index (χ2n) is 5.24. The highest BCUT2D eigenvalue weighted by Gasteiger charge is 2.15. The lowest BCUT2D eigenvalue weighted by Gasteiger charge is -2.10. The molecule has 0 saturated carbocycles. The van der Waals surface area contributed by atoms with Crippen LogP contribution in [0, 0.1) is 6.92 Å². The van der Waals surface area contributed by atoms with Crippen molar-refractivity contribution in [1.82, 2.24) is 4.72 Å². The molecule has 8 heteroatoms. The molecule has 0 bridgehead atoms. The van der Waals surface area contributed by atoms with Crippen molar-refractivity contribution >= 4 is 33.3 Å². The van der Waals surface area contributed by atoms with E-state index in [1.165, 1.54) is 12.1 Å². The van der Waals surface area contributed by atoms with Crippen molar-refractivity contribution < 1.29 is 18.3 Å². The molecule has 3 N–H and O–H groups in total. The topological polar surface area (TPSA) is 95.5 Å². The highest BCUT2D eigenvalue weighted by atomic mass is 35.5. The predicted molar refractivity (Wildman–Crippen MR) is 92.8 cm³/mol. The van der Waals surface area contributed by atoms with E-state index in [2.05, 4.69) is 5.32 Å². The number of carbonyl (C=O) groups is 1. The van der Waals surface area contributed by atoms with Gasteiger partial charge in [-0.15, -0.1) is 0 Å². The van der Waals surface area contributed by atoms with Crippen LogP contribution in [-0.2, 0) is 21.4 Å². The smallest absolute Gasteiger partial charge is 0.318 e. The Balaban J connectivity index is 2.11. The molecule has 24 heavy (non-hydrogen) atoms. The fraction of sp³-hybridized carbons (Fsp3) is 0.188. The number of rotatable bonds is 7. The number of hydrogen-bond donors (Lipinski definition) is 3. The normalized spacial score (nSPS) is 11.2. The Labute approximate surface area is 145 Å². The van der Waals surface area contributed by atoms with Gasteiger partial charge in [-0.05, 0) is 48.4 Å². The molecule has 0 radical (unpaired) electrons. The summed E-state index contributed by atoms with van der Waals surface area (Å²) in [6.07, 6.45) is 0. The van der Waals surface area contributed by atoms with Crippen LogP contribution in [0.3, 0.4) is 0 Å². The fourth-order valence-corrected chi connectivity index (χ4v) is 3.46. The van der Waals surface area contributed by atoms with E-state index in [-0.39, 0.29) is 4.90 Å². The second kappa shape index (κ2) is 7.65. The van der Waals surface area contributed by atoms with E-state index in [0.717, 1.165) is 11.1 Å². The van der Waals surface area contributed by atoms with Crippen LogP contribution in [0.2, 0.25) is 5.02 Å². The zero-order valence-electron chi connectivity index (χ0n) is 12.9. The number of benzene rings is 2. The molecule has 0 saturated heterocycles. The van der Waals surface area contributed by atoms with Crippen LogP contribution in [0.25, 0.3) is 0 Å². The van der Waals surface area contributed by atoms with E-state index in [1.54, 1.807) is 12.1 Å². The summed E-state index contributed by atoms with van der Waals surface area (Å²) >= 11 is 6.01. The first kappa shape index (κ1) is 18.3. The molecule has 2 aromatic carbocycles. The summed E-state index contributed by atoms with van der Waals surface area (Å²) in [5.74, 6) is -1.25. The van der Waals surface area contributed by atoms with Gasteiger partial charge < -0.3 is 10.4 Å². The monoisotopic (exact) mass is 368 g/mol. The Hall–Kier alpha value is -2.09. The van der Waals surface area contributed by atoms with Gasteiger partial charge in [-0.3, -0.25) is 4.79 Å². The van der Waals surface area contributed by atoms with Crippen molar-refractivity contribution in [3.05, 3.63) is 58.6 Å². The molecule has 0 aliphatic heterocycles. The first-order chi connectivity index (χ1) is 11.3. The highest BCUT2D eigenvalue weighted by molar-refractivity contribution is 7.89. The lowest BCUT2D eigenvalue weighted by molar-refractivity contribution is -0.135. The quantitative estimate of drug-likeness (QED) is 0.698. The Bertz CT molecular complexity index is 833. The maximum absolute atomic E-state index is 12.0. The maximum Gasteiger partial charge on any atom is 0.318 e. The summed E-state index contributed by atoms with van der Waals surface area (Å²) in [4.78, 5) is 10.5. The average molecular weight is 369 g/mol. The Morgan fingerprint density at radius 1 is 1.21 bits per heavy atom. The third-order valence-electron chi connectivity index (χ3n) is 3.16. The molecule has 0 fully saturated rings. The molecule has 0 spiro atoms. The molecule has 2 aromatic rings. The summed E-state index contributed by atoms with van der Waals surface area (Å²) in [6.45, 7) is 1.76. The van der Waals surface area contributed by atoms with Crippen LogP contribution in [-0.4, -0.2) is 26.0 Å². The van der Waals surface area contributed by atoms with Gasteiger partial charge in [0.1, 0.15) is 6.54 Å². The van der Waals surface area contributed by atoms with Gasteiger partial charge in [-0.2, -0.15) is 4.72 Å². The average Bonchev–Trinajstić information content (AvgIpc) is 2.50. The lowest BCUT2D eigenvalue weighted by Crippen LogP contribution is -2.29. The SMILES string of the molecule is Cc1cc(Cl)cc(CNc2cccc(S(=O)(=O)NCC(=O)O)c2)c1. The molecule has 2 rings (SSSR count). The predicted octanol–water partition coefficient (Wildman–Crippen LogP) is 2.62. The zero-order chi connectivity index (χ0) is 17.7. The lowest BCUT2D eigenvalue weighted by atomic mass is 10.1. The van der Waals surface area contributed by atoms with E-state index in [9.17, 15) is 13.2 Å². The largest absolute Gasteiger partial charge is 0.480 e. The fourth-order valence-electron chi connectivity index (χ4n) is 2.13. The van der Waals surface area contributed by atoms with E-state index < -0.39 is 22.5 Å². The Morgan fingerprint density at radius 2 is 1.96 bits per heavy atom. The summed E-state index contributed by atoms with van der Waals surface area (Å²) in [7, 11) is -3.87. The van der Waals surface area contributed by atoms with Crippen molar-refractivity contribution in [1.29, 1.82) is 0 Å². The van der Waals surface area contributed by atoms with E-state index >= 15 is 0 Å². The van der Waals surface area contributed by atoms with Gasteiger partial charge in [-0.1, -0.05) is 23.7 Å². The molecule has 0 aliphatic carbocycles. The summed E-state index contributed by atoms with van der Waals surface area (Å²) in [6, 6.07) is 11.8. The van der Waals surface area contributed by atoms with Crippen LogP contribution < -0.4 is 10.0 Å². The van der Waals surface area contributed by atoms with Gasteiger partial charge in [0.25, 0.3) is 0 Å². The van der Waals surface area contributed by atoms with Crippen molar-refractivity contribution in [2.75, 3.05) is 11.9 Å². The van der Waals surface area contributed by atoms with Crippen LogP contribution in [0.5, 0.6) is 0 Å². The number of sulfonamides is 1. The van der Waals surface area contributed by atoms with Gasteiger partial charge in [0.05, 0.1) is 4.90 Å². The Morgan fingerprint density at radius 3 is 2.62 bits per heavy atom. The second-order valence-corrected chi connectivity index (χ2v) is 7.44. The van der Waals surface area contributed by atoms with Gasteiger partial charge in [0, 0.05) is 17.3 Å². The minimum Gasteiger partial charge on any atom is -0.480 e. The minimum absolute atomic E-state index is 0.00368. The van der Waals surface area contributed by atoms with E-state index in [1.807, 2.05) is 29.8 Å². The first-order valence-corrected chi connectivity index (χ1v) is 8.94. The van der Waals surface area contributed by atoms with Crippen LogP contribution in [0.4, 0.5) is 5.69 Å². The molecule has 0 amide bonds.